The number of aryl methyl sites for hydroxylation is 2. The maximum Gasteiger partial charge on any atom is 0.492 e. The van der Waals surface area contributed by atoms with E-state index in [4.69, 9.17) is 4.42 Å². The van der Waals surface area contributed by atoms with Gasteiger partial charge in [-0.2, -0.15) is 0 Å². The Kier molecular flexibility index (Phi) is 3.59. The van der Waals surface area contributed by atoms with Crippen LogP contribution in [0.1, 0.15) is 35.8 Å². The van der Waals surface area contributed by atoms with Gasteiger partial charge < -0.3 is 14.5 Å². The first-order valence-corrected chi connectivity index (χ1v) is 8.24. The molecule has 1 aromatic heterocycles. The Morgan fingerprint density at radius 3 is 2.50 bits per heavy atom. The number of furan rings is 1. The zero-order valence-electron chi connectivity index (χ0n) is 13.8. The lowest BCUT2D eigenvalue weighted by Crippen LogP contribution is -2.30. The normalized spacial score (nSPS) is 14.2. The Hall–Kier alpha value is -2.30. The zero-order chi connectivity index (χ0) is 16.8. The average Bonchev–Trinajstić information content (AvgIpc) is 2.94. The van der Waals surface area contributed by atoms with Crippen LogP contribution in [0.4, 0.5) is 0 Å². The van der Waals surface area contributed by atoms with Crippen LogP contribution in [-0.2, 0) is 6.42 Å². The Morgan fingerprint density at radius 2 is 1.75 bits per heavy atom. The van der Waals surface area contributed by atoms with E-state index in [2.05, 4.69) is 32.0 Å². The third kappa shape index (κ3) is 2.22. The Morgan fingerprint density at radius 1 is 0.958 bits per heavy atom. The van der Waals surface area contributed by atoms with Crippen LogP contribution in [0.15, 0.2) is 52.5 Å². The third-order valence-corrected chi connectivity index (χ3v) is 4.92. The molecule has 0 spiro atoms. The highest BCUT2D eigenvalue weighted by molar-refractivity contribution is 6.61. The standard InChI is InChI=1S/C20H19BO3/c1-12-6-3-4-7-14(12)18-13(2)10-11-17-19(18)15-8-5-9-16(21(22)23)20(15)24-17/h3-9,22-23H,10-11H2,1-2H3. The van der Waals surface area contributed by atoms with Gasteiger partial charge in [-0.05, 0) is 37.0 Å². The van der Waals surface area contributed by atoms with Crippen molar-refractivity contribution in [3.05, 3.63) is 70.5 Å². The summed E-state index contributed by atoms with van der Waals surface area (Å²) in [6, 6.07) is 13.9. The molecule has 0 amide bonds. The van der Waals surface area contributed by atoms with E-state index in [0.29, 0.717) is 11.0 Å². The maximum atomic E-state index is 9.65. The second-order valence-electron chi connectivity index (χ2n) is 6.47. The predicted molar refractivity (Wildman–Crippen MR) is 97.2 cm³/mol. The molecule has 0 unspecified atom stereocenters. The molecule has 0 bridgehead atoms. The van der Waals surface area contributed by atoms with E-state index in [0.717, 1.165) is 29.6 Å². The van der Waals surface area contributed by atoms with E-state index in [-0.39, 0.29) is 0 Å². The van der Waals surface area contributed by atoms with E-state index in [1.54, 1.807) is 6.07 Å². The number of para-hydroxylation sites is 1. The first-order chi connectivity index (χ1) is 11.6. The summed E-state index contributed by atoms with van der Waals surface area (Å²) < 4.78 is 6.07. The fraction of sp³-hybridized carbons (Fsp3) is 0.200. The molecular weight excluding hydrogens is 299 g/mol. The highest BCUT2D eigenvalue weighted by atomic mass is 16.4. The van der Waals surface area contributed by atoms with Crippen LogP contribution < -0.4 is 5.46 Å². The summed E-state index contributed by atoms with van der Waals surface area (Å²) in [7, 11) is -1.53. The lowest BCUT2D eigenvalue weighted by molar-refractivity contribution is 0.425. The van der Waals surface area contributed by atoms with Crippen LogP contribution in [0.5, 0.6) is 0 Å². The van der Waals surface area contributed by atoms with Crippen LogP contribution in [-0.4, -0.2) is 17.2 Å². The highest BCUT2D eigenvalue weighted by Gasteiger charge is 2.28. The van der Waals surface area contributed by atoms with Crippen molar-refractivity contribution in [2.45, 2.75) is 26.7 Å². The molecule has 0 fully saturated rings. The van der Waals surface area contributed by atoms with Crippen LogP contribution >= 0.6 is 0 Å². The van der Waals surface area contributed by atoms with E-state index < -0.39 is 7.12 Å². The van der Waals surface area contributed by atoms with Gasteiger partial charge in [0.25, 0.3) is 0 Å². The van der Waals surface area contributed by atoms with Crippen molar-refractivity contribution in [2.24, 2.45) is 0 Å². The molecule has 4 heteroatoms. The van der Waals surface area contributed by atoms with Crippen molar-refractivity contribution >= 4 is 29.1 Å². The second kappa shape index (κ2) is 5.65. The highest BCUT2D eigenvalue weighted by Crippen LogP contribution is 2.42. The van der Waals surface area contributed by atoms with Gasteiger partial charge in [-0.15, -0.1) is 0 Å². The number of benzene rings is 2. The Balaban J connectivity index is 2.05. The van der Waals surface area contributed by atoms with Gasteiger partial charge in [0.05, 0.1) is 0 Å². The van der Waals surface area contributed by atoms with E-state index in [1.807, 2.05) is 18.2 Å². The quantitative estimate of drug-likeness (QED) is 0.714. The van der Waals surface area contributed by atoms with Gasteiger partial charge in [0.1, 0.15) is 11.3 Å². The summed E-state index contributed by atoms with van der Waals surface area (Å²) in [4.78, 5) is 0. The summed E-state index contributed by atoms with van der Waals surface area (Å²) in [5.74, 6) is 0.932. The van der Waals surface area contributed by atoms with Crippen molar-refractivity contribution in [1.29, 1.82) is 0 Å². The molecule has 1 aliphatic carbocycles. The number of fused-ring (bicyclic) bond motifs is 3. The average molecular weight is 318 g/mol. The molecule has 2 aromatic carbocycles. The lowest BCUT2D eigenvalue weighted by atomic mass is 9.78. The first kappa shape index (κ1) is 15.2. The van der Waals surface area contributed by atoms with E-state index in [9.17, 15) is 10.0 Å². The van der Waals surface area contributed by atoms with Crippen molar-refractivity contribution in [2.75, 3.05) is 0 Å². The topological polar surface area (TPSA) is 53.6 Å². The number of allylic oxidation sites excluding steroid dienone is 1. The summed E-state index contributed by atoms with van der Waals surface area (Å²) in [6.07, 6.45) is 1.79. The summed E-state index contributed by atoms with van der Waals surface area (Å²) >= 11 is 0. The molecule has 1 heterocycles. The second-order valence-corrected chi connectivity index (χ2v) is 6.47. The van der Waals surface area contributed by atoms with Crippen LogP contribution in [0, 0.1) is 6.92 Å². The van der Waals surface area contributed by atoms with Gasteiger partial charge in [0.2, 0.25) is 0 Å². The minimum absolute atomic E-state index is 0.420. The molecule has 0 atom stereocenters. The molecule has 3 aromatic rings. The van der Waals surface area contributed by atoms with Crippen LogP contribution in [0.25, 0.3) is 16.5 Å². The summed E-state index contributed by atoms with van der Waals surface area (Å²) in [5.41, 5.74) is 7.11. The Bertz CT molecular complexity index is 966. The molecule has 3 nitrogen and oxygen atoms in total. The van der Waals surface area contributed by atoms with Gasteiger partial charge in [0.15, 0.2) is 0 Å². The van der Waals surface area contributed by atoms with Crippen molar-refractivity contribution in [3.8, 4) is 0 Å². The smallest absolute Gasteiger partial charge is 0.461 e. The molecule has 4 rings (SSSR count). The fourth-order valence-electron chi connectivity index (χ4n) is 3.70. The maximum absolute atomic E-state index is 9.65. The largest absolute Gasteiger partial charge is 0.492 e. The third-order valence-electron chi connectivity index (χ3n) is 4.92. The lowest BCUT2D eigenvalue weighted by Gasteiger charge is -2.20. The fourth-order valence-corrected chi connectivity index (χ4v) is 3.70. The SMILES string of the molecule is CC1=C(c2ccccc2C)c2c(oc3c(B(O)O)cccc23)CC1. The number of rotatable bonds is 2. The number of hydrogen-bond donors (Lipinski definition) is 2. The van der Waals surface area contributed by atoms with Gasteiger partial charge in [-0.1, -0.05) is 48.0 Å². The van der Waals surface area contributed by atoms with Gasteiger partial charge in [-0.3, -0.25) is 0 Å². The molecule has 0 aliphatic heterocycles. The van der Waals surface area contributed by atoms with Crippen molar-refractivity contribution in [1.82, 2.24) is 0 Å². The summed E-state index contributed by atoms with van der Waals surface area (Å²) in [5, 5.41) is 20.2. The first-order valence-electron chi connectivity index (χ1n) is 8.24. The van der Waals surface area contributed by atoms with Crippen LogP contribution in [0.3, 0.4) is 0 Å². The predicted octanol–water partition coefficient (Wildman–Crippen LogP) is 3.19. The monoisotopic (exact) mass is 318 g/mol. The van der Waals surface area contributed by atoms with Crippen molar-refractivity contribution in [3.63, 3.8) is 0 Å². The van der Waals surface area contributed by atoms with Gasteiger partial charge >= 0.3 is 7.12 Å². The van der Waals surface area contributed by atoms with Crippen molar-refractivity contribution < 1.29 is 14.5 Å². The molecule has 1 aliphatic rings. The molecule has 0 saturated heterocycles. The van der Waals surface area contributed by atoms with E-state index >= 15 is 0 Å². The summed E-state index contributed by atoms with van der Waals surface area (Å²) in [6.45, 7) is 4.30. The minimum atomic E-state index is -1.53. The molecule has 120 valence electrons. The van der Waals surface area contributed by atoms with Gasteiger partial charge in [0, 0.05) is 22.8 Å². The molecular formula is C20H19BO3. The number of hydrogen-bond acceptors (Lipinski definition) is 3. The molecule has 0 saturated carbocycles. The zero-order valence-corrected chi connectivity index (χ0v) is 13.8. The molecule has 0 radical (unpaired) electrons. The van der Waals surface area contributed by atoms with E-state index in [1.165, 1.54) is 22.3 Å². The van der Waals surface area contributed by atoms with Gasteiger partial charge in [-0.25, -0.2) is 0 Å². The Labute approximate surface area is 141 Å². The van der Waals surface area contributed by atoms with Crippen LogP contribution in [0.2, 0.25) is 0 Å². The molecule has 24 heavy (non-hydrogen) atoms. The molecule has 2 N–H and O–H groups in total. The minimum Gasteiger partial charge on any atom is -0.461 e.